The number of aliphatic hydroxyl groups is 1. The summed E-state index contributed by atoms with van der Waals surface area (Å²) < 4.78 is 2.50. The lowest BCUT2D eigenvalue weighted by atomic mass is 9.94. The van der Waals surface area contributed by atoms with Gasteiger partial charge in [0, 0.05) is 23.5 Å². The first-order valence-corrected chi connectivity index (χ1v) is 7.63. The Hall–Kier alpha value is -0.760. The number of nitrogens with zero attached hydrogens (tertiary/aromatic N) is 1. The first-order valence-electron chi connectivity index (χ1n) is 7.63. The molecule has 1 fully saturated rings. The molecule has 2 heteroatoms. The molecule has 0 amide bonds. The van der Waals surface area contributed by atoms with E-state index < -0.39 is 0 Å². The molecule has 1 N–H and O–H groups in total. The number of fused-ring (bicyclic) bond motifs is 1. The molecule has 0 saturated heterocycles. The molecule has 3 rings (SSSR count). The van der Waals surface area contributed by atoms with Gasteiger partial charge >= 0.3 is 0 Å². The molecule has 2 nitrogen and oxygen atoms in total. The summed E-state index contributed by atoms with van der Waals surface area (Å²) in [7, 11) is 0. The standard InChI is InChI=1S/C16H25NO/c1-12-4-2-5-13(9-8-12)17-11-10-14-15(17)6-3-7-16(14)18/h10-13,16,18H,2-9H2,1H3. The maximum absolute atomic E-state index is 10.1. The minimum atomic E-state index is -0.209. The molecular formula is C16H25NO. The third kappa shape index (κ3) is 2.23. The Labute approximate surface area is 110 Å². The summed E-state index contributed by atoms with van der Waals surface area (Å²) in [4.78, 5) is 0. The minimum absolute atomic E-state index is 0.209. The zero-order chi connectivity index (χ0) is 12.5. The van der Waals surface area contributed by atoms with Crippen LogP contribution in [0.4, 0.5) is 0 Å². The van der Waals surface area contributed by atoms with Gasteiger partial charge in [-0.1, -0.05) is 19.8 Å². The van der Waals surface area contributed by atoms with Crippen molar-refractivity contribution in [3.05, 3.63) is 23.5 Å². The molecular weight excluding hydrogens is 222 g/mol. The van der Waals surface area contributed by atoms with E-state index in [2.05, 4.69) is 23.8 Å². The van der Waals surface area contributed by atoms with Crippen molar-refractivity contribution in [2.24, 2.45) is 5.92 Å². The molecule has 1 saturated carbocycles. The lowest BCUT2D eigenvalue weighted by Gasteiger charge is -2.25. The summed E-state index contributed by atoms with van der Waals surface area (Å²) in [6, 6.07) is 2.84. The van der Waals surface area contributed by atoms with Crippen LogP contribution in [0, 0.1) is 5.92 Å². The summed E-state index contributed by atoms with van der Waals surface area (Å²) in [5.74, 6) is 0.895. The first-order chi connectivity index (χ1) is 8.75. The first kappa shape index (κ1) is 12.3. The Balaban J connectivity index is 1.83. The van der Waals surface area contributed by atoms with Crippen molar-refractivity contribution in [2.45, 2.75) is 70.4 Å². The van der Waals surface area contributed by atoms with Crippen LogP contribution in [0.3, 0.4) is 0 Å². The number of aliphatic hydroxyl groups excluding tert-OH is 1. The summed E-state index contributed by atoms with van der Waals surface area (Å²) >= 11 is 0. The van der Waals surface area contributed by atoms with Crippen LogP contribution in [0.15, 0.2) is 12.3 Å². The van der Waals surface area contributed by atoms with Gasteiger partial charge in [-0.15, -0.1) is 0 Å². The van der Waals surface area contributed by atoms with Crippen LogP contribution >= 0.6 is 0 Å². The predicted octanol–water partition coefficient (Wildman–Crippen LogP) is 4.00. The zero-order valence-electron chi connectivity index (χ0n) is 11.4. The molecule has 0 bridgehead atoms. The second kappa shape index (κ2) is 5.08. The van der Waals surface area contributed by atoms with Gasteiger partial charge in [-0.25, -0.2) is 0 Å². The van der Waals surface area contributed by atoms with Crippen LogP contribution in [-0.2, 0) is 6.42 Å². The zero-order valence-corrected chi connectivity index (χ0v) is 11.4. The fourth-order valence-corrected chi connectivity index (χ4v) is 3.78. The minimum Gasteiger partial charge on any atom is -0.388 e. The molecule has 100 valence electrons. The Morgan fingerprint density at radius 1 is 1.11 bits per heavy atom. The van der Waals surface area contributed by atoms with Gasteiger partial charge in [-0.05, 0) is 50.5 Å². The molecule has 3 unspecified atom stereocenters. The largest absolute Gasteiger partial charge is 0.388 e. The Bertz CT molecular complexity index is 409. The normalized spacial score (nSPS) is 32.9. The maximum atomic E-state index is 10.1. The highest BCUT2D eigenvalue weighted by Gasteiger charge is 2.25. The Morgan fingerprint density at radius 3 is 2.89 bits per heavy atom. The monoisotopic (exact) mass is 247 g/mol. The fourth-order valence-electron chi connectivity index (χ4n) is 3.78. The molecule has 3 atom stereocenters. The van der Waals surface area contributed by atoms with E-state index >= 15 is 0 Å². The number of rotatable bonds is 1. The quantitative estimate of drug-likeness (QED) is 0.746. The van der Waals surface area contributed by atoms with Crippen molar-refractivity contribution >= 4 is 0 Å². The van der Waals surface area contributed by atoms with Crippen molar-refractivity contribution in [2.75, 3.05) is 0 Å². The van der Waals surface area contributed by atoms with Gasteiger partial charge in [0.1, 0.15) is 0 Å². The molecule has 1 heterocycles. The van der Waals surface area contributed by atoms with Crippen LogP contribution in [0.5, 0.6) is 0 Å². The van der Waals surface area contributed by atoms with Gasteiger partial charge in [0.2, 0.25) is 0 Å². The molecule has 1 aromatic rings. The maximum Gasteiger partial charge on any atom is 0.0807 e. The highest BCUT2D eigenvalue weighted by Crippen LogP contribution is 2.36. The predicted molar refractivity (Wildman–Crippen MR) is 73.6 cm³/mol. The molecule has 2 aliphatic carbocycles. The van der Waals surface area contributed by atoms with E-state index in [1.807, 2.05) is 0 Å². The van der Waals surface area contributed by atoms with E-state index in [0.717, 1.165) is 25.2 Å². The van der Waals surface area contributed by atoms with E-state index in [1.165, 1.54) is 43.4 Å². The Kier molecular flexibility index (Phi) is 3.47. The summed E-state index contributed by atoms with van der Waals surface area (Å²) in [6.45, 7) is 2.39. The molecule has 0 aromatic carbocycles. The van der Waals surface area contributed by atoms with Crippen LogP contribution in [0.2, 0.25) is 0 Å². The van der Waals surface area contributed by atoms with Gasteiger partial charge < -0.3 is 9.67 Å². The van der Waals surface area contributed by atoms with Crippen molar-refractivity contribution in [1.82, 2.24) is 4.57 Å². The third-order valence-corrected chi connectivity index (χ3v) is 4.93. The van der Waals surface area contributed by atoms with Gasteiger partial charge in [-0.2, -0.15) is 0 Å². The molecule has 0 spiro atoms. The number of hydrogen-bond donors (Lipinski definition) is 1. The molecule has 2 aliphatic rings. The molecule has 1 aromatic heterocycles. The van der Waals surface area contributed by atoms with Gasteiger partial charge in [0.05, 0.1) is 6.10 Å². The van der Waals surface area contributed by atoms with E-state index in [0.29, 0.717) is 6.04 Å². The Morgan fingerprint density at radius 2 is 2.00 bits per heavy atom. The number of aromatic nitrogens is 1. The van der Waals surface area contributed by atoms with Gasteiger partial charge in [-0.3, -0.25) is 0 Å². The topological polar surface area (TPSA) is 25.2 Å². The fraction of sp³-hybridized carbons (Fsp3) is 0.750. The van der Waals surface area contributed by atoms with Crippen LogP contribution in [0.1, 0.15) is 75.3 Å². The van der Waals surface area contributed by atoms with E-state index in [-0.39, 0.29) is 6.10 Å². The van der Waals surface area contributed by atoms with E-state index in [4.69, 9.17) is 0 Å². The van der Waals surface area contributed by atoms with Crippen molar-refractivity contribution < 1.29 is 5.11 Å². The van der Waals surface area contributed by atoms with Crippen molar-refractivity contribution in [1.29, 1.82) is 0 Å². The van der Waals surface area contributed by atoms with E-state index in [9.17, 15) is 5.11 Å². The average molecular weight is 247 g/mol. The number of hydrogen-bond acceptors (Lipinski definition) is 1. The SMILES string of the molecule is CC1CCCC(n2ccc3c2CCCC3O)CC1. The summed E-state index contributed by atoms with van der Waals surface area (Å²) in [5.41, 5.74) is 2.63. The van der Waals surface area contributed by atoms with Crippen molar-refractivity contribution in [3.8, 4) is 0 Å². The average Bonchev–Trinajstić information content (AvgIpc) is 2.68. The lowest BCUT2D eigenvalue weighted by molar-refractivity contribution is 0.155. The summed E-state index contributed by atoms with van der Waals surface area (Å²) in [6.07, 6.45) is 12.0. The molecule has 18 heavy (non-hydrogen) atoms. The van der Waals surface area contributed by atoms with Crippen LogP contribution in [0.25, 0.3) is 0 Å². The highest BCUT2D eigenvalue weighted by atomic mass is 16.3. The third-order valence-electron chi connectivity index (χ3n) is 4.93. The van der Waals surface area contributed by atoms with Crippen LogP contribution in [-0.4, -0.2) is 9.67 Å². The lowest BCUT2D eigenvalue weighted by Crippen LogP contribution is -2.15. The van der Waals surface area contributed by atoms with Gasteiger partial charge in [0.15, 0.2) is 0 Å². The van der Waals surface area contributed by atoms with Gasteiger partial charge in [0.25, 0.3) is 0 Å². The van der Waals surface area contributed by atoms with Crippen LogP contribution < -0.4 is 0 Å². The van der Waals surface area contributed by atoms with E-state index in [1.54, 1.807) is 0 Å². The highest BCUT2D eigenvalue weighted by molar-refractivity contribution is 5.28. The molecule has 0 aliphatic heterocycles. The second-order valence-electron chi connectivity index (χ2n) is 6.30. The second-order valence-corrected chi connectivity index (χ2v) is 6.30. The summed E-state index contributed by atoms with van der Waals surface area (Å²) in [5, 5.41) is 10.1. The molecule has 0 radical (unpaired) electrons. The smallest absolute Gasteiger partial charge is 0.0807 e. The van der Waals surface area contributed by atoms with Crippen molar-refractivity contribution in [3.63, 3.8) is 0 Å².